The smallest absolute Gasteiger partial charge is 0.333 e. The number of carboxylic acid groups (broad SMARTS) is 1. The van der Waals surface area contributed by atoms with Crippen LogP contribution in [0.2, 0.25) is 0 Å². The molecule has 68 valence electrons. The molecule has 2 N–H and O–H groups in total. The first kappa shape index (κ1) is 7.91. The average molecular weight is 179 g/mol. The number of dihydropyridines is 1. The second-order valence-electron chi connectivity index (χ2n) is 2.88. The molecule has 0 aromatic carbocycles. The summed E-state index contributed by atoms with van der Waals surface area (Å²) >= 11 is 0. The van der Waals surface area contributed by atoms with Crippen molar-refractivity contribution in [3.8, 4) is 0 Å². The minimum atomic E-state index is -0.881. The maximum atomic E-state index is 10.6. The molecule has 0 amide bonds. The fourth-order valence-electron chi connectivity index (χ4n) is 1.32. The zero-order chi connectivity index (χ0) is 9.26. The largest absolute Gasteiger partial charge is 0.496 e. The highest BCUT2D eigenvalue weighted by molar-refractivity contribution is 5.88. The van der Waals surface area contributed by atoms with Gasteiger partial charge in [0.25, 0.3) is 0 Å². The van der Waals surface area contributed by atoms with E-state index in [0.717, 1.165) is 11.3 Å². The Morgan fingerprint density at radius 2 is 2.46 bits per heavy atom. The van der Waals surface area contributed by atoms with Crippen molar-refractivity contribution >= 4 is 5.97 Å². The van der Waals surface area contributed by atoms with Crippen LogP contribution in [0, 0.1) is 0 Å². The van der Waals surface area contributed by atoms with Gasteiger partial charge < -0.3 is 15.2 Å². The lowest BCUT2D eigenvalue weighted by molar-refractivity contribution is -0.132. The van der Waals surface area contributed by atoms with E-state index in [1.54, 1.807) is 18.4 Å². The van der Waals surface area contributed by atoms with Crippen molar-refractivity contribution in [2.24, 2.45) is 0 Å². The van der Waals surface area contributed by atoms with Crippen molar-refractivity contribution in [2.45, 2.75) is 0 Å². The monoisotopic (exact) mass is 179 g/mol. The fraction of sp³-hybridized carbons (Fsp3) is 0.222. The van der Waals surface area contributed by atoms with Crippen LogP contribution in [-0.2, 0) is 9.53 Å². The van der Waals surface area contributed by atoms with Crippen molar-refractivity contribution in [3.63, 3.8) is 0 Å². The number of carboxylic acids is 1. The Labute approximate surface area is 75.2 Å². The van der Waals surface area contributed by atoms with Gasteiger partial charge in [0.1, 0.15) is 6.61 Å². The van der Waals surface area contributed by atoms with Gasteiger partial charge in [0.15, 0.2) is 0 Å². The summed E-state index contributed by atoms with van der Waals surface area (Å²) < 4.78 is 5.05. The van der Waals surface area contributed by atoms with Gasteiger partial charge in [-0.3, -0.25) is 0 Å². The summed E-state index contributed by atoms with van der Waals surface area (Å²) in [6.45, 7) is 0.814. The van der Waals surface area contributed by atoms with Gasteiger partial charge in [0.2, 0.25) is 0 Å². The quantitative estimate of drug-likeness (QED) is 0.611. The van der Waals surface area contributed by atoms with Crippen molar-refractivity contribution in [1.82, 2.24) is 5.32 Å². The van der Waals surface area contributed by atoms with Crippen LogP contribution < -0.4 is 5.32 Å². The zero-order valence-corrected chi connectivity index (χ0v) is 6.91. The highest BCUT2D eigenvalue weighted by Gasteiger charge is 2.17. The summed E-state index contributed by atoms with van der Waals surface area (Å²) in [5.74, 6) is -0.881. The van der Waals surface area contributed by atoms with Crippen molar-refractivity contribution in [2.75, 3.05) is 13.2 Å². The van der Waals surface area contributed by atoms with Gasteiger partial charge in [-0.05, 0) is 12.2 Å². The van der Waals surface area contributed by atoms with Gasteiger partial charge in [-0.2, -0.15) is 0 Å². The number of aliphatic carboxylic acids is 1. The minimum absolute atomic E-state index is 0.373. The van der Waals surface area contributed by atoms with Crippen molar-refractivity contribution in [1.29, 1.82) is 0 Å². The summed E-state index contributed by atoms with van der Waals surface area (Å²) in [5, 5.41) is 11.8. The van der Waals surface area contributed by atoms with Crippen LogP contribution in [0.4, 0.5) is 0 Å². The van der Waals surface area contributed by atoms with E-state index in [-0.39, 0.29) is 0 Å². The average Bonchev–Trinajstić information content (AvgIpc) is 2.17. The molecule has 4 nitrogen and oxygen atoms in total. The van der Waals surface area contributed by atoms with Crippen LogP contribution in [0.3, 0.4) is 0 Å². The Hall–Kier alpha value is -1.71. The highest BCUT2D eigenvalue weighted by Crippen LogP contribution is 2.17. The first-order chi connectivity index (χ1) is 6.27. The Morgan fingerprint density at radius 1 is 1.62 bits per heavy atom. The lowest BCUT2D eigenvalue weighted by atomic mass is 10.0. The number of hydrogen-bond donors (Lipinski definition) is 2. The molecule has 0 unspecified atom stereocenters. The molecule has 4 heteroatoms. The molecule has 0 spiro atoms. The number of ether oxygens (including phenoxy) is 1. The molecule has 0 aliphatic carbocycles. The number of allylic oxidation sites excluding steroid dienone is 1. The van der Waals surface area contributed by atoms with E-state index in [2.05, 4.69) is 5.32 Å². The van der Waals surface area contributed by atoms with E-state index in [1.807, 2.05) is 0 Å². The number of carbonyl (C=O) groups is 1. The predicted molar refractivity (Wildman–Crippen MR) is 45.8 cm³/mol. The molecule has 0 fully saturated rings. The van der Waals surface area contributed by atoms with Gasteiger partial charge >= 0.3 is 5.97 Å². The standard InChI is InChI=1S/C9H9NO3/c11-9(12)6-3-7-5-13-2-1-8(7)10-4-6/h1-3,10H,4-5H2,(H,11,12). The van der Waals surface area contributed by atoms with Crippen LogP contribution in [0.5, 0.6) is 0 Å². The Balaban J connectivity index is 2.31. The maximum Gasteiger partial charge on any atom is 0.333 e. The molecule has 0 radical (unpaired) electrons. The fourth-order valence-corrected chi connectivity index (χ4v) is 1.32. The summed E-state index contributed by atoms with van der Waals surface area (Å²) in [7, 11) is 0. The Bertz CT molecular complexity index is 339. The van der Waals surface area contributed by atoms with Crippen molar-refractivity contribution < 1.29 is 14.6 Å². The van der Waals surface area contributed by atoms with E-state index in [4.69, 9.17) is 9.84 Å². The van der Waals surface area contributed by atoms with Crippen LogP contribution >= 0.6 is 0 Å². The van der Waals surface area contributed by atoms with Gasteiger partial charge in [-0.1, -0.05) is 0 Å². The first-order valence-corrected chi connectivity index (χ1v) is 3.96. The molecular weight excluding hydrogens is 170 g/mol. The second-order valence-corrected chi connectivity index (χ2v) is 2.88. The van der Waals surface area contributed by atoms with Crippen LogP contribution in [-0.4, -0.2) is 24.2 Å². The summed E-state index contributed by atoms with van der Waals surface area (Å²) in [4.78, 5) is 10.6. The topological polar surface area (TPSA) is 58.6 Å². The summed E-state index contributed by atoms with van der Waals surface area (Å²) in [6, 6.07) is 0. The van der Waals surface area contributed by atoms with Crippen molar-refractivity contribution in [3.05, 3.63) is 35.3 Å². The Kier molecular flexibility index (Phi) is 1.81. The third-order valence-electron chi connectivity index (χ3n) is 2.01. The summed E-state index contributed by atoms with van der Waals surface area (Å²) in [5.41, 5.74) is 2.22. The third kappa shape index (κ3) is 1.42. The Morgan fingerprint density at radius 3 is 3.23 bits per heavy atom. The molecule has 0 atom stereocenters. The zero-order valence-electron chi connectivity index (χ0n) is 6.91. The van der Waals surface area contributed by atoms with E-state index in [1.165, 1.54) is 0 Å². The molecule has 0 saturated carbocycles. The number of hydrogen-bond acceptors (Lipinski definition) is 3. The minimum Gasteiger partial charge on any atom is -0.496 e. The molecule has 0 bridgehead atoms. The normalized spacial score (nSPS) is 19.8. The molecule has 0 saturated heterocycles. The van der Waals surface area contributed by atoms with Crippen LogP contribution in [0.15, 0.2) is 35.3 Å². The van der Waals surface area contributed by atoms with Crippen LogP contribution in [0.25, 0.3) is 0 Å². The third-order valence-corrected chi connectivity index (χ3v) is 2.01. The van der Waals surface area contributed by atoms with Gasteiger partial charge in [-0.25, -0.2) is 4.79 Å². The molecule has 0 aromatic heterocycles. The second kappa shape index (κ2) is 2.97. The highest BCUT2D eigenvalue weighted by atomic mass is 16.5. The molecule has 13 heavy (non-hydrogen) atoms. The molecule has 2 aliphatic heterocycles. The van der Waals surface area contributed by atoms with E-state index in [0.29, 0.717) is 18.7 Å². The van der Waals surface area contributed by atoms with E-state index in [9.17, 15) is 4.79 Å². The summed E-state index contributed by atoms with van der Waals surface area (Å²) in [6.07, 6.45) is 5.07. The lowest BCUT2D eigenvalue weighted by Crippen LogP contribution is -2.26. The predicted octanol–water partition coefficient (Wildman–Crippen LogP) is 0.399. The molecule has 2 aliphatic rings. The lowest BCUT2D eigenvalue weighted by Gasteiger charge is -2.20. The maximum absolute atomic E-state index is 10.6. The van der Waals surface area contributed by atoms with Gasteiger partial charge in [0.05, 0.1) is 11.8 Å². The van der Waals surface area contributed by atoms with Gasteiger partial charge in [-0.15, -0.1) is 0 Å². The van der Waals surface area contributed by atoms with Gasteiger partial charge in [0, 0.05) is 17.8 Å². The van der Waals surface area contributed by atoms with E-state index >= 15 is 0 Å². The SMILES string of the molecule is O=C(O)C1=CC2=C(C=COC2)NC1. The number of nitrogens with one attached hydrogen (secondary N) is 1. The van der Waals surface area contributed by atoms with Crippen LogP contribution in [0.1, 0.15) is 0 Å². The number of rotatable bonds is 1. The molecule has 2 rings (SSSR count). The van der Waals surface area contributed by atoms with E-state index < -0.39 is 5.97 Å². The molecule has 0 aromatic rings. The molecular formula is C9H9NO3. The molecule has 2 heterocycles. The first-order valence-electron chi connectivity index (χ1n) is 3.96.